The van der Waals surface area contributed by atoms with Crippen LogP contribution in [0.15, 0.2) is 18.3 Å². The van der Waals surface area contributed by atoms with Gasteiger partial charge in [-0.15, -0.1) is 0 Å². The molecule has 2 saturated heterocycles. The predicted octanol–water partition coefficient (Wildman–Crippen LogP) is 0.549. The van der Waals surface area contributed by atoms with Crippen LogP contribution in [0, 0.1) is 11.8 Å². The molecule has 1 aromatic rings. The molecule has 4 atom stereocenters. The Kier molecular flexibility index (Phi) is 5.34. The minimum Gasteiger partial charge on any atom is -0.497 e. The van der Waals surface area contributed by atoms with Gasteiger partial charge < -0.3 is 19.6 Å². The Morgan fingerprint density at radius 2 is 1.89 bits per heavy atom. The van der Waals surface area contributed by atoms with Gasteiger partial charge >= 0.3 is 0 Å². The van der Waals surface area contributed by atoms with E-state index in [0.29, 0.717) is 23.3 Å². The molecule has 1 aliphatic carbocycles. The maximum absolute atomic E-state index is 12.9. The van der Waals surface area contributed by atoms with Crippen molar-refractivity contribution in [3.8, 4) is 5.75 Å². The largest absolute Gasteiger partial charge is 0.497 e. The molecule has 3 aliphatic rings. The van der Waals surface area contributed by atoms with E-state index in [2.05, 4.69) is 21.8 Å². The molecule has 148 valence electrons. The monoisotopic (exact) mass is 374 g/mol. The number of carbonyl (C=O) groups excluding carboxylic acids is 1. The second-order valence-corrected chi connectivity index (χ2v) is 8.26. The van der Waals surface area contributed by atoms with Crippen LogP contribution in [0.2, 0.25) is 0 Å². The zero-order valence-electron chi connectivity index (χ0n) is 16.3. The summed E-state index contributed by atoms with van der Waals surface area (Å²) in [6, 6.07) is 3.67. The van der Waals surface area contributed by atoms with Gasteiger partial charge in [-0.1, -0.05) is 0 Å². The van der Waals surface area contributed by atoms with E-state index in [1.165, 1.54) is 0 Å². The van der Waals surface area contributed by atoms with Gasteiger partial charge in [-0.2, -0.15) is 0 Å². The summed E-state index contributed by atoms with van der Waals surface area (Å²) < 4.78 is 5.21. The molecular formula is C20H30N4O3. The lowest BCUT2D eigenvalue weighted by Gasteiger charge is -2.44. The summed E-state index contributed by atoms with van der Waals surface area (Å²) >= 11 is 0. The number of aromatic nitrogens is 1. The normalized spacial score (nSPS) is 32.3. The summed E-state index contributed by atoms with van der Waals surface area (Å²) in [6.45, 7) is 5.64. The molecule has 2 aliphatic heterocycles. The number of rotatable bonds is 3. The van der Waals surface area contributed by atoms with E-state index in [1.54, 1.807) is 25.4 Å². The Morgan fingerprint density at radius 1 is 1.19 bits per heavy atom. The Labute approximate surface area is 160 Å². The third-order valence-corrected chi connectivity index (χ3v) is 6.59. The zero-order chi connectivity index (χ0) is 19.0. The van der Waals surface area contributed by atoms with Crippen molar-refractivity contribution in [2.45, 2.75) is 25.0 Å². The molecule has 0 unspecified atom stereocenters. The first kappa shape index (κ1) is 18.7. The highest BCUT2D eigenvalue weighted by Gasteiger charge is 2.45. The number of ether oxygens (including phenoxy) is 1. The first-order valence-corrected chi connectivity index (χ1v) is 9.95. The van der Waals surface area contributed by atoms with Gasteiger partial charge in [-0.05, 0) is 37.8 Å². The van der Waals surface area contributed by atoms with E-state index >= 15 is 0 Å². The van der Waals surface area contributed by atoms with Crippen molar-refractivity contribution in [3.05, 3.63) is 24.0 Å². The number of aliphatic hydroxyl groups is 1. The summed E-state index contributed by atoms with van der Waals surface area (Å²) in [5, 5.41) is 10.8. The van der Waals surface area contributed by atoms with Gasteiger partial charge in [-0.25, -0.2) is 0 Å². The number of likely N-dealkylation sites (N-methyl/N-ethyl adjacent to an activating group) is 1. The number of methoxy groups -OCH3 is 1. The van der Waals surface area contributed by atoms with Gasteiger partial charge in [0.25, 0.3) is 5.91 Å². The molecule has 4 rings (SSSR count). The Balaban J connectivity index is 1.41. The summed E-state index contributed by atoms with van der Waals surface area (Å²) in [7, 11) is 3.74. The lowest BCUT2D eigenvalue weighted by Crippen LogP contribution is -2.55. The maximum atomic E-state index is 12.9. The molecule has 27 heavy (non-hydrogen) atoms. The lowest BCUT2D eigenvalue weighted by atomic mass is 9.77. The average Bonchev–Trinajstić information content (AvgIpc) is 3.10. The number of hydrogen-bond donors (Lipinski definition) is 1. The second kappa shape index (κ2) is 7.73. The second-order valence-electron chi connectivity index (χ2n) is 8.26. The number of amides is 1. The summed E-state index contributed by atoms with van der Waals surface area (Å²) in [4.78, 5) is 23.8. The minimum absolute atomic E-state index is 0.0334. The molecule has 1 saturated carbocycles. The van der Waals surface area contributed by atoms with Gasteiger partial charge in [0.2, 0.25) is 0 Å². The number of carbonyl (C=O) groups is 1. The molecule has 0 bridgehead atoms. The van der Waals surface area contributed by atoms with Crippen LogP contribution in [0.3, 0.4) is 0 Å². The van der Waals surface area contributed by atoms with E-state index in [9.17, 15) is 9.90 Å². The fourth-order valence-corrected chi connectivity index (χ4v) is 4.94. The quantitative estimate of drug-likeness (QED) is 0.833. The minimum atomic E-state index is -0.292. The summed E-state index contributed by atoms with van der Waals surface area (Å²) in [6.07, 6.45) is 3.09. The molecular weight excluding hydrogens is 344 g/mol. The number of hydrogen-bond acceptors (Lipinski definition) is 6. The number of piperazine rings is 1. The SMILES string of the molecule is COc1ccnc(C(=O)N2C[C@H]3C[C@@H](N4CCN(C)CC4)[C@H](O)C[C@H]3C2)c1. The molecule has 3 fully saturated rings. The summed E-state index contributed by atoms with van der Waals surface area (Å²) in [5.41, 5.74) is 0.434. The van der Waals surface area contributed by atoms with E-state index in [1.807, 2.05) is 4.90 Å². The van der Waals surface area contributed by atoms with Crippen LogP contribution >= 0.6 is 0 Å². The molecule has 0 spiro atoms. The van der Waals surface area contributed by atoms with Gasteiger partial charge in [0.15, 0.2) is 0 Å². The van der Waals surface area contributed by atoms with E-state index < -0.39 is 0 Å². The molecule has 7 nitrogen and oxygen atoms in total. The maximum Gasteiger partial charge on any atom is 0.272 e. The predicted molar refractivity (Wildman–Crippen MR) is 102 cm³/mol. The van der Waals surface area contributed by atoms with E-state index in [-0.39, 0.29) is 18.1 Å². The number of likely N-dealkylation sites (tertiary alicyclic amines) is 1. The van der Waals surface area contributed by atoms with Crippen molar-refractivity contribution in [2.24, 2.45) is 11.8 Å². The molecule has 7 heteroatoms. The average molecular weight is 374 g/mol. The van der Waals surface area contributed by atoms with Crippen LogP contribution in [0.1, 0.15) is 23.3 Å². The van der Waals surface area contributed by atoms with Crippen LogP contribution in [-0.2, 0) is 0 Å². The highest BCUT2D eigenvalue weighted by Crippen LogP contribution is 2.39. The molecule has 1 N–H and O–H groups in total. The topological polar surface area (TPSA) is 69.1 Å². The number of pyridine rings is 1. The van der Waals surface area contributed by atoms with Crippen LogP contribution in [0.4, 0.5) is 0 Å². The smallest absolute Gasteiger partial charge is 0.272 e. The highest BCUT2D eigenvalue weighted by atomic mass is 16.5. The fraction of sp³-hybridized carbons (Fsp3) is 0.700. The van der Waals surface area contributed by atoms with Crippen molar-refractivity contribution in [1.29, 1.82) is 0 Å². The van der Waals surface area contributed by atoms with Crippen molar-refractivity contribution in [1.82, 2.24) is 19.7 Å². The third kappa shape index (κ3) is 3.81. The Bertz CT molecular complexity index is 677. The van der Waals surface area contributed by atoms with Gasteiger partial charge in [-0.3, -0.25) is 14.7 Å². The van der Waals surface area contributed by atoms with Crippen molar-refractivity contribution in [2.75, 3.05) is 53.4 Å². The van der Waals surface area contributed by atoms with Gasteiger partial charge in [0.1, 0.15) is 11.4 Å². The first-order chi connectivity index (χ1) is 13.0. The van der Waals surface area contributed by atoms with Crippen LogP contribution in [-0.4, -0.2) is 96.3 Å². The molecule has 0 radical (unpaired) electrons. The zero-order valence-corrected chi connectivity index (χ0v) is 16.3. The van der Waals surface area contributed by atoms with E-state index in [0.717, 1.165) is 52.1 Å². The molecule has 1 aromatic heterocycles. The van der Waals surface area contributed by atoms with Gasteiger partial charge in [0, 0.05) is 57.6 Å². The van der Waals surface area contributed by atoms with Crippen LogP contribution < -0.4 is 4.74 Å². The van der Waals surface area contributed by atoms with Crippen LogP contribution in [0.5, 0.6) is 5.75 Å². The number of nitrogens with zero attached hydrogens (tertiary/aromatic N) is 4. The third-order valence-electron chi connectivity index (χ3n) is 6.59. The van der Waals surface area contributed by atoms with Gasteiger partial charge in [0.05, 0.1) is 13.2 Å². The molecule has 1 amide bonds. The Hall–Kier alpha value is -1.70. The van der Waals surface area contributed by atoms with Crippen molar-refractivity contribution in [3.63, 3.8) is 0 Å². The highest BCUT2D eigenvalue weighted by molar-refractivity contribution is 5.92. The summed E-state index contributed by atoms with van der Waals surface area (Å²) in [5.74, 6) is 1.47. The van der Waals surface area contributed by atoms with Crippen molar-refractivity contribution < 1.29 is 14.6 Å². The van der Waals surface area contributed by atoms with E-state index in [4.69, 9.17) is 4.74 Å². The Morgan fingerprint density at radius 3 is 2.59 bits per heavy atom. The fourth-order valence-electron chi connectivity index (χ4n) is 4.94. The number of fused-ring (bicyclic) bond motifs is 1. The first-order valence-electron chi connectivity index (χ1n) is 9.95. The lowest BCUT2D eigenvalue weighted by molar-refractivity contribution is -0.0249. The molecule has 0 aromatic carbocycles. The van der Waals surface area contributed by atoms with Crippen molar-refractivity contribution >= 4 is 5.91 Å². The van der Waals surface area contributed by atoms with Crippen LogP contribution in [0.25, 0.3) is 0 Å². The molecule has 3 heterocycles. The number of aliphatic hydroxyl groups excluding tert-OH is 1. The standard InChI is InChI=1S/C20H30N4O3/c1-22-5-7-23(8-6-22)18-9-14-12-24(13-15(14)10-19(18)25)20(26)17-11-16(27-2)3-4-21-17/h3-4,11,14-15,18-19,25H,5-10,12-13H2,1-2H3/t14-,15+,18-,19-/m1/s1.